The molecule has 19 heavy (non-hydrogen) atoms. The van der Waals surface area contributed by atoms with E-state index in [2.05, 4.69) is 16.1 Å². The minimum atomic E-state index is -0.162. The molecule has 0 bridgehead atoms. The molecule has 0 aliphatic carbocycles. The molecule has 0 unspecified atom stereocenters. The predicted molar refractivity (Wildman–Crippen MR) is 73.7 cm³/mol. The Morgan fingerprint density at radius 2 is 1.84 bits per heavy atom. The minimum Gasteiger partial charge on any atom is -0.357 e. The van der Waals surface area contributed by atoms with E-state index in [1.54, 1.807) is 12.1 Å². The molecule has 97 valence electrons. The molecular formula is C16H16FN2. The average Bonchev–Trinajstić information content (AvgIpc) is 2.49. The van der Waals surface area contributed by atoms with Gasteiger partial charge in [0.15, 0.2) is 0 Å². The van der Waals surface area contributed by atoms with Gasteiger partial charge in [-0.15, -0.1) is 0 Å². The van der Waals surface area contributed by atoms with Crippen LogP contribution in [0.2, 0.25) is 0 Å². The molecule has 2 heterocycles. The van der Waals surface area contributed by atoms with Crippen molar-refractivity contribution in [1.82, 2.24) is 4.98 Å². The molecule has 0 atom stereocenters. The van der Waals surface area contributed by atoms with E-state index in [4.69, 9.17) is 0 Å². The first-order chi connectivity index (χ1) is 9.33. The Kier molecular flexibility index (Phi) is 3.45. The highest BCUT2D eigenvalue weighted by atomic mass is 19.1. The van der Waals surface area contributed by atoms with Crippen LogP contribution in [-0.2, 0) is 0 Å². The van der Waals surface area contributed by atoms with Gasteiger partial charge in [0.25, 0.3) is 0 Å². The van der Waals surface area contributed by atoms with Crippen LogP contribution in [0.3, 0.4) is 0 Å². The van der Waals surface area contributed by atoms with E-state index < -0.39 is 0 Å². The summed E-state index contributed by atoms with van der Waals surface area (Å²) in [6.45, 7) is 1.99. The van der Waals surface area contributed by atoms with Crippen molar-refractivity contribution in [2.24, 2.45) is 0 Å². The number of hydrogen-bond donors (Lipinski definition) is 0. The lowest BCUT2D eigenvalue weighted by Gasteiger charge is -2.33. The fourth-order valence-electron chi connectivity index (χ4n) is 2.67. The molecule has 0 N–H and O–H groups in total. The summed E-state index contributed by atoms with van der Waals surface area (Å²) >= 11 is 0. The first kappa shape index (κ1) is 12.2. The van der Waals surface area contributed by atoms with E-state index in [1.165, 1.54) is 5.56 Å². The Labute approximate surface area is 112 Å². The lowest BCUT2D eigenvalue weighted by atomic mass is 9.89. The van der Waals surface area contributed by atoms with Crippen LogP contribution in [0.25, 0.3) is 0 Å². The molecule has 3 rings (SSSR count). The van der Waals surface area contributed by atoms with Crippen molar-refractivity contribution < 1.29 is 4.39 Å². The standard InChI is InChI=1S/C16H16FN2/c17-15-6-4-13(5-7-15)14-8-11-19(12-9-14)16-3-1-2-10-18-16/h1-7,14H,8-9,11-12H2. The average molecular weight is 255 g/mol. The van der Waals surface area contributed by atoms with Gasteiger partial charge in [0.2, 0.25) is 0 Å². The largest absolute Gasteiger partial charge is 0.357 e. The van der Waals surface area contributed by atoms with Crippen LogP contribution in [0.5, 0.6) is 0 Å². The third-order valence-corrected chi connectivity index (χ3v) is 3.76. The Hall–Kier alpha value is -1.90. The van der Waals surface area contributed by atoms with E-state index in [0.29, 0.717) is 5.92 Å². The number of rotatable bonds is 2. The fraction of sp³-hybridized carbons (Fsp3) is 0.312. The topological polar surface area (TPSA) is 16.1 Å². The van der Waals surface area contributed by atoms with Crippen molar-refractivity contribution in [2.75, 3.05) is 18.0 Å². The minimum absolute atomic E-state index is 0.162. The predicted octanol–water partition coefficient (Wildman–Crippen LogP) is 3.40. The molecule has 1 aromatic heterocycles. The summed E-state index contributed by atoms with van der Waals surface area (Å²) in [5.41, 5.74) is 1.24. The van der Waals surface area contributed by atoms with Gasteiger partial charge in [-0.2, -0.15) is 0 Å². The third-order valence-electron chi connectivity index (χ3n) is 3.76. The molecule has 0 spiro atoms. The summed E-state index contributed by atoms with van der Waals surface area (Å²) in [5, 5.41) is 0. The van der Waals surface area contributed by atoms with Crippen molar-refractivity contribution in [2.45, 2.75) is 18.8 Å². The van der Waals surface area contributed by atoms with Gasteiger partial charge < -0.3 is 4.90 Å². The summed E-state index contributed by atoms with van der Waals surface area (Å²) in [5.74, 6) is 1.37. The molecule has 1 fully saturated rings. The maximum atomic E-state index is 12.9. The maximum absolute atomic E-state index is 12.9. The molecule has 1 saturated heterocycles. The third kappa shape index (κ3) is 2.75. The second-order valence-corrected chi connectivity index (χ2v) is 4.94. The Bertz CT molecular complexity index is 516. The van der Waals surface area contributed by atoms with Gasteiger partial charge in [0, 0.05) is 13.1 Å². The van der Waals surface area contributed by atoms with E-state index in [-0.39, 0.29) is 5.82 Å². The number of nitrogens with zero attached hydrogens (tertiary/aromatic N) is 2. The fourth-order valence-corrected chi connectivity index (χ4v) is 2.67. The van der Waals surface area contributed by atoms with Crippen LogP contribution in [0.4, 0.5) is 10.2 Å². The van der Waals surface area contributed by atoms with Crippen molar-refractivity contribution in [3.05, 3.63) is 60.0 Å². The Morgan fingerprint density at radius 3 is 2.47 bits per heavy atom. The number of aromatic nitrogens is 1. The SMILES string of the molecule is Fc1ccc(C2CCN(c3ccc[c]n3)CC2)cc1. The van der Waals surface area contributed by atoms with Crippen LogP contribution < -0.4 is 4.90 Å². The van der Waals surface area contributed by atoms with Crippen molar-refractivity contribution in [1.29, 1.82) is 0 Å². The lowest BCUT2D eigenvalue weighted by Crippen LogP contribution is -2.33. The van der Waals surface area contributed by atoms with Crippen LogP contribution in [-0.4, -0.2) is 18.1 Å². The monoisotopic (exact) mass is 255 g/mol. The lowest BCUT2D eigenvalue weighted by molar-refractivity contribution is 0.501. The van der Waals surface area contributed by atoms with Gasteiger partial charge in [-0.3, -0.25) is 0 Å². The van der Waals surface area contributed by atoms with Gasteiger partial charge in [-0.25, -0.2) is 9.37 Å². The van der Waals surface area contributed by atoms with Gasteiger partial charge in [-0.05, 0) is 48.6 Å². The maximum Gasteiger partial charge on any atom is 0.129 e. The quantitative estimate of drug-likeness (QED) is 0.817. The van der Waals surface area contributed by atoms with Crippen LogP contribution in [0.15, 0.2) is 42.5 Å². The van der Waals surface area contributed by atoms with E-state index in [1.807, 2.05) is 30.3 Å². The number of piperidine rings is 1. The summed E-state index contributed by atoms with van der Waals surface area (Å²) in [4.78, 5) is 6.55. The van der Waals surface area contributed by atoms with Crippen molar-refractivity contribution >= 4 is 5.82 Å². The number of halogens is 1. The van der Waals surface area contributed by atoms with Crippen molar-refractivity contribution in [3.63, 3.8) is 0 Å². The van der Waals surface area contributed by atoms with E-state index in [0.717, 1.165) is 31.7 Å². The highest BCUT2D eigenvalue weighted by molar-refractivity contribution is 5.38. The zero-order chi connectivity index (χ0) is 13.1. The normalized spacial score (nSPS) is 16.6. The number of benzene rings is 1. The molecule has 2 nitrogen and oxygen atoms in total. The summed E-state index contributed by atoms with van der Waals surface area (Å²) in [7, 11) is 0. The molecular weight excluding hydrogens is 239 g/mol. The molecule has 1 radical (unpaired) electrons. The van der Waals surface area contributed by atoms with Crippen LogP contribution in [0, 0.1) is 12.0 Å². The molecule has 2 aromatic rings. The first-order valence-electron chi connectivity index (χ1n) is 6.66. The summed E-state index contributed by atoms with van der Waals surface area (Å²) in [6, 6.07) is 12.7. The molecule has 3 heteroatoms. The van der Waals surface area contributed by atoms with E-state index >= 15 is 0 Å². The van der Waals surface area contributed by atoms with Crippen LogP contribution in [0.1, 0.15) is 24.3 Å². The van der Waals surface area contributed by atoms with Crippen LogP contribution >= 0.6 is 0 Å². The summed E-state index contributed by atoms with van der Waals surface area (Å²) in [6.07, 6.45) is 5.05. The number of anilines is 1. The van der Waals surface area contributed by atoms with Gasteiger partial charge in [-0.1, -0.05) is 18.2 Å². The highest BCUT2D eigenvalue weighted by Gasteiger charge is 2.21. The van der Waals surface area contributed by atoms with Gasteiger partial charge in [0.1, 0.15) is 11.6 Å². The van der Waals surface area contributed by atoms with Crippen molar-refractivity contribution in [3.8, 4) is 0 Å². The zero-order valence-corrected chi connectivity index (χ0v) is 10.7. The second kappa shape index (κ2) is 5.39. The molecule has 1 aliphatic rings. The van der Waals surface area contributed by atoms with Gasteiger partial charge >= 0.3 is 0 Å². The number of hydrogen-bond acceptors (Lipinski definition) is 2. The Morgan fingerprint density at radius 1 is 1.11 bits per heavy atom. The molecule has 0 saturated carbocycles. The zero-order valence-electron chi connectivity index (χ0n) is 10.7. The molecule has 1 aromatic carbocycles. The number of pyridine rings is 1. The Balaban J connectivity index is 1.65. The van der Waals surface area contributed by atoms with E-state index in [9.17, 15) is 4.39 Å². The summed E-state index contributed by atoms with van der Waals surface area (Å²) < 4.78 is 12.9. The second-order valence-electron chi connectivity index (χ2n) is 4.94. The molecule has 1 aliphatic heterocycles. The highest BCUT2D eigenvalue weighted by Crippen LogP contribution is 2.29. The smallest absolute Gasteiger partial charge is 0.129 e. The van der Waals surface area contributed by atoms with Gasteiger partial charge in [0.05, 0.1) is 6.20 Å². The first-order valence-corrected chi connectivity index (χ1v) is 6.66. The molecule has 0 amide bonds.